The van der Waals surface area contributed by atoms with Crippen LogP contribution < -0.4 is 4.90 Å². The molecule has 2 bridgehead atoms. The number of amides is 1. The molecule has 4 aromatic rings. The van der Waals surface area contributed by atoms with Gasteiger partial charge in [-0.15, -0.1) is 0 Å². The fraction of sp³-hybridized carbons (Fsp3) is 0.400. The SMILES string of the molecule is Cc1ccc(S(=O)(=O)n2c(-c3cnn(C)c3)c(C#N)c3c(N4CC5CCC(C4)N5C(=O)OC(C)(C)C)ccnc32)cc1. The summed E-state index contributed by atoms with van der Waals surface area (Å²) in [6.45, 7) is 8.51. The predicted octanol–water partition coefficient (Wildman–Crippen LogP) is 4.44. The summed E-state index contributed by atoms with van der Waals surface area (Å²) in [7, 11) is -2.42. The number of pyridine rings is 1. The molecule has 0 N–H and O–H groups in total. The summed E-state index contributed by atoms with van der Waals surface area (Å²) in [6, 6.07) is 10.6. The molecule has 2 unspecified atom stereocenters. The monoisotopic (exact) mass is 587 g/mol. The van der Waals surface area contributed by atoms with Gasteiger partial charge in [0.1, 0.15) is 11.7 Å². The Labute approximate surface area is 245 Å². The molecule has 6 rings (SSSR count). The van der Waals surface area contributed by atoms with E-state index in [1.165, 1.54) is 3.97 Å². The van der Waals surface area contributed by atoms with Crippen LogP contribution >= 0.6 is 0 Å². The van der Waals surface area contributed by atoms with Crippen molar-refractivity contribution in [3.05, 3.63) is 60.0 Å². The van der Waals surface area contributed by atoms with Crippen molar-refractivity contribution in [2.75, 3.05) is 18.0 Å². The highest BCUT2D eigenvalue weighted by Gasteiger charge is 2.45. The zero-order chi connectivity index (χ0) is 30.0. The van der Waals surface area contributed by atoms with Crippen LogP contribution in [0.4, 0.5) is 10.5 Å². The van der Waals surface area contributed by atoms with E-state index < -0.39 is 15.6 Å². The second-order valence-corrected chi connectivity index (χ2v) is 13.8. The number of nitriles is 1. The van der Waals surface area contributed by atoms with Gasteiger partial charge in [-0.1, -0.05) is 17.7 Å². The molecule has 2 atom stereocenters. The first-order chi connectivity index (χ1) is 19.9. The van der Waals surface area contributed by atoms with E-state index in [0.717, 1.165) is 18.4 Å². The van der Waals surface area contributed by atoms with Crippen LogP contribution in [0.25, 0.3) is 22.3 Å². The van der Waals surface area contributed by atoms with Crippen molar-refractivity contribution in [3.8, 4) is 17.3 Å². The van der Waals surface area contributed by atoms with E-state index in [0.29, 0.717) is 29.7 Å². The number of anilines is 1. The standard InChI is InChI=1S/C30H33N7O4S/c1-19-6-10-23(11-7-19)42(39,40)37-27(20-15-33-34(5)16-20)24(14-31)26-25(12-13-32-28(26)37)35-17-21-8-9-22(18-35)36(21)29(38)41-30(2,3)4/h6-7,10-13,15-16,21-22H,8-9,17-18H2,1-5H3. The molecule has 5 heterocycles. The van der Waals surface area contributed by atoms with Crippen LogP contribution in [0.15, 0.2) is 53.8 Å². The van der Waals surface area contributed by atoms with Crippen molar-refractivity contribution in [2.45, 2.75) is 63.1 Å². The highest BCUT2D eigenvalue weighted by Crippen LogP contribution is 2.42. The average molecular weight is 588 g/mol. The molecule has 2 fully saturated rings. The van der Waals surface area contributed by atoms with E-state index in [4.69, 9.17) is 4.74 Å². The number of nitrogens with zero attached hydrogens (tertiary/aromatic N) is 7. The summed E-state index contributed by atoms with van der Waals surface area (Å²) in [6.07, 6.45) is 6.18. The smallest absolute Gasteiger partial charge is 0.410 e. The summed E-state index contributed by atoms with van der Waals surface area (Å²) >= 11 is 0. The molecule has 0 aliphatic carbocycles. The summed E-state index contributed by atoms with van der Waals surface area (Å²) in [4.78, 5) is 21.7. The largest absolute Gasteiger partial charge is 0.444 e. The first kappa shape index (κ1) is 27.8. The molecule has 12 heteroatoms. The van der Waals surface area contributed by atoms with Crippen molar-refractivity contribution in [2.24, 2.45) is 7.05 Å². The molecular weight excluding hydrogens is 554 g/mol. The van der Waals surface area contributed by atoms with Gasteiger partial charge in [0.05, 0.1) is 45.5 Å². The fourth-order valence-electron chi connectivity index (χ4n) is 6.10. The van der Waals surface area contributed by atoms with Crippen LogP contribution in [-0.2, 0) is 21.8 Å². The molecule has 42 heavy (non-hydrogen) atoms. The lowest BCUT2D eigenvalue weighted by atomic mass is 10.1. The molecule has 0 radical (unpaired) electrons. The van der Waals surface area contributed by atoms with Crippen LogP contribution in [0.5, 0.6) is 0 Å². The van der Waals surface area contributed by atoms with Gasteiger partial charge in [-0.3, -0.25) is 9.58 Å². The summed E-state index contributed by atoms with van der Waals surface area (Å²) < 4.78 is 36.9. The van der Waals surface area contributed by atoms with Crippen molar-refractivity contribution in [3.63, 3.8) is 0 Å². The molecule has 2 aliphatic rings. The van der Waals surface area contributed by atoms with Gasteiger partial charge in [0.2, 0.25) is 0 Å². The minimum atomic E-state index is -4.16. The zero-order valence-electron chi connectivity index (χ0n) is 24.3. The highest BCUT2D eigenvalue weighted by atomic mass is 32.2. The summed E-state index contributed by atoms with van der Waals surface area (Å²) in [5.41, 5.74) is 2.13. The fourth-order valence-corrected chi connectivity index (χ4v) is 7.59. The number of rotatable bonds is 4. The number of aryl methyl sites for hydroxylation is 2. The number of benzene rings is 1. The Morgan fingerprint density at radius 2 is 1.76 bits per heavy atom. The Morgan fingerprint density at radius 3 is 2.33 bits per heavy atom. The maximum atomic E-state index is 14.2. The Morgan fingerprint density at radius 1 is 1.10 bits per heavy atom. The Kier molecular flexibility index (Phi) is 6.53. The number of carbonyl (C=O) groups is 1. The third kappa shape index (κ3) is 4.58. The van der Waals surface area contributed by atoms with E-state index >= 15 is 0 Å². The molecule has 1 amide bonds. The Bertz CT molecular complexity index is 1830. The second-order valence-electron chi connectivity index (χ2n) is 12.0. The topological polar surface area (TPSA) is 126 Å². The van der Waals surface area contributed by atoms with Gasteiger partial charge >= 0.3 is 6.09 Å². The Hall–Kier alpha value is -4.37. The number of ether oxygens (including phenoxy) is 1. The van der Waals surface area contributed by atoms with Gasteiger partial charge in [-0.2, -0.15) is 10.4 Å². The molecule has 2 saturated heterocycles. The minimum absolute atomic E-state index is 0.0662. The van der Waals surface area contributed by atoms with Crippen molar-refractivity contribution >= 4 is 32.8 Å². The highest BCUT2D eigenvalue weighted by molar-refractivity contribution is 7.90. The van der Waals surface area contributed by atoms with Crippen molar-refractivity contribution < 1.29 is 17.9 Å². The lowest BCUT2D eigenvalue weighted by Crippen LogP contribution is -2.56. The number of aromatic nitrogens is 4. The molecule has 218 valence electrons. The molecule has 0 spiro atoms. The first-order valence-corrected chi connectivity index (χ1v) is 15.3. The number of piperazine rings is 1. The van der Waals surface area contributed by atoms with E-state index in [-0.39, 0.29) is 40.0 Å². The molecular formula is C30H33N7O4S. The molecule has 11 nitrogen and oxygen atoms in total. The number of hydrogen-bond donors (Lipinski definition) is 0. The van der Waals surface area contributed by atoms with E-state index in [9.17, 15) is 18.5 Å². The van der Waals surface area contributed by atoms with Gasteiger partial charge in [0.25, 0.3) is 10.0 Å². The molecule has 2 aliphatic heterocycles. The number of carbonyl (C=O) groups excluding carboxylic acids is 1. The molecule has 0 saturated carbocycles. The average Bonchev–Trinajstić information content (AvgIpc) is 3.58. The van der Waals surface area contributed by atoms with Crippen molar-refractivity contribution in [1.29, 1.82) is 5.26 Å². The van der Waals surface area contributed by atoms with Gasteiger partial charge in [-0.25, -0.2) is 22.2 Å². The third-order valence-electron chi connectivity index (χ3n) is 7.87. The third-order valence-corrected chi connectivity index (χ3v) is 9.57. The normalized spacial score (nSPS) is 18.9. The van der Waals surface area contributed by atoms with E-state index in [1.807, 2.05) is 38.7 Å². The first-order valence-electron chi connectivity index (χ1n) is 13.9. The van der Waals surface area contributed by atoms with E-state index in [2.05, 4.69) is 21.1 Å². The maximum Gasteiger partial charge on any atom is 0.410 e. The zero-order valence-corrected chi connectivity index (χ0v) is 25.1. The lowest BCUT2D eigenvalue weighted by molar-refractivity contribution is 0.0123. The maximum absolute atomic E-state index is 14.2. The van der Waals surface area contributed by atoms with Gasteiger partial charge < -0.3 is 9.64 Å². The number of fused-ring (bicyclic) bond motifs is 3. The van der Waals surface area contributed by atoms with Crippen LogP contribution in [0.3, 0.4) is 0 Å². The quantitative estimate of drug-likeness (QED) is 0.343. The summed E-state index contributed by atoms with van der Waals surface area (Å²) in [5, 5.41) is 15.2. The van der Waals surface area contributed by atoms with Crippen LogP contribution in [0, 0.1) is 18.3 Å². The van der Waals surface area contributed by atoms with Gasteiger partial charge in [0.15, 0.2) is 5.65 Å². The minimum Gasteiger partial charge on any atom is -0.444 e. The number of hydrogen-bond acceptors (Lipinski definition) is 8. The van der Waals surface area contributed by atoms with Gasteiger partial charge in [-0.05, 0) is 58.7 Å². The molecule has 1 aromatic carbocycles. The Balaban J connectivity index is 1.51. The lowest BCUT2D eigenvalue weighted by Gasteiger charge is -2.42. The summed E-state index contributed by atoms with van der Waals surface area (Å²) in [5.74, 6) is 0. The molecule has 3 aromatic heterocycles. The van der Waals surface area contributed by atoms with Crippen LogP contribution in [-0.4, -0.2) is 68.9 Å². The van der Waals surface area contributed by atoms with Crippen molar-refractivity contribution in [1.82, 2.24) is 23.6 Å². The van der Waals surface area contributed by atoms with E-state index in [1.54, 1.807) is 54.6 Å². The van der Waals surface area contributed by atoms with Crippen LogP contribution in [0.2, 0.25) is 0 Å². The van der Waals surface area contributed by atoms with Crippen LogP contribution in [0.1, 0.15) is 44.7 Å². The van der Waals surface area contributed by atoms with Gasteiger partial charge in [0, 0.05) is 38.1 Å². The predicted molar refractivity (Wildman–Crippen MR) is 158 cm³/mol. The second kappa shape index (κ2) is 9.87.